The molecule has 0 amide bonds. The first-order valence-corrected chi connectivity index (χ1v) is 7.75. The molecule has 17 heavy (non-hydrogen) atoms. The highest BCUT2D eigenvalue weighted by Crippen LogP contribution is 2.45. The lowest BCUT2D eigenvalue weighted by atomic mass is 9.82. The molecule has 0 radical (unpaired) electrons. The summed E-state index contributed by atoms with van der Waals surface area (Å²) in [5, 5.41) is 3.34. The molecule has 0 bridgehead atoms. The van der Waals surface area contributed by atoms with Crippen LogP contribution in [0.5, 0.6) is 0 Å². The number of hydrogen-bond donors (Lipinski definition) is 1. The largest absolute Gasteiger partial charge is 0.319 e. The fourth-order valence-corrected chi connectivity index (χ4v) is 4.18. The van der Waals surface area contributed by atoms with E-state index in [2.05, 4.69) is 17.3 Å². The molecule has 2 heteroatoms. The summed E-state index contributed by atoms with van der Waals surface area (Å²) in [6.45, 7) is 3.95. The van der Waals surface area contributed by atoms with Crippen LogP contribution in [0.4, 0.5) is 0 Å². The van der Waals surface area contributed by atoms with Crippen LogP contribution >= 0.6 is 0 Å². The fourth-order valence-electron chi connectivity index (χ4n) is 4.18. The molecule has 0 spiro atoms. The van der Waals surface area contributed by atoms with E-state index in [9.17, 15) is 0 Å². The van der Waals surface area contributed by atoms with Gasteiger partial charge >= 0.3 is 0 Å². The van der Waals surface area contributed by atoms with Gasteiger partial charge in [0.1, 0.15) is 0 Å². The van der Waals surface area contributed by atoms with Crippen LogP contribution in [-0.4, -0.2) is 37.6 Å². The summed E-state index contributed by atoms with van der Waals surface area (Å²) < 4.78 is 0. The fraction of sp³-hybridized carbons (Fsp3) is 1.00. The third-order valence-corrected chi connectivity index (χ3v) is 5.30. The van der Waals surface area contributed by atoms with E-state index in [1.807, 2.05) is 0 Å². The van der Waals surface area contributed by atoms with E-state index in [4.69, 9.17) is 0 Å². The molecule has 1 N–H and O–H groups in total. The Morgan fingerprint density at radius 2 is 1.94 bits per heavy atom. The zero-order chi connectivity index (χ0) is 11.7. The molecule has 0 aromatic rings. The van der Waals surface area contributed by atoms with E-state index in [1.165, 1.54) is 51.7 Å². The molecule has 1 saturated heterocycles. The second kappa shape index (κ2) is 5.27. The van der Waals surface area contributed by atoms with Gasteiger partial charge in [0, 0.05) is 12.6 Å². The van der Waals surface area contributed by atoms with E-state index < -0.39 is 0 Å². The van der Waals surface area contributed by atoms with Gasteiger partial charge < -0.3 is 10.2 Å². The number of hydrogen-bond acceptors (Lipinski definition) is 2. The Labute approximate surface area is 106 Å². The van der Waals surface area contributed by atoms with Gasteiger partial charge in [-0.15, -0.1) is 0 Å². The Morgan fingerprint density at radius 1 is 1.06 bits per heavy atom. The maximum Gasteiger partial charge on any atom is 0.00981 e. The molecule has 1 heterocycles. The average Bonchev–Trinajstić information content (AvgIpc) is 3.11. The third kappa shape index (κ3) is 2.85. The molecule has 3 atom stereocenters. The first kappa shape index (κ1) is 12.0. The zero-order valence-electron chi connectivity index (χ0n) is 11.3. The van der Waals surface area contributed by atoms with Gasteiger partial charge in [-0.1, -0.05) is 12.8 Å². The number of nitrogens with zero attached hydrogens (tertiary/aromatic N) is 1. The van der Waals surface area contributed by atoms with Crippen LogP contribution in [0.15, 0.2) is 0 Å². The predicted molar refractivity (Wildman–Crippen MR) is 72.1 cm³/mol. The normalized spacial score (nSPS) is 39.7. The molecule has 3 fully saturated rings. The van der Waals surface area contributed by atoms with E-state index in [-0.39, 0.29) is 0 Å². The van der Waals surface area contributed by atoms with Gasteiger partial charge in [0.15, 0.2) is 0 Å². The highest BCUT2D eigenvalue weighted by Gasteiger charge is 2.37. The summed E-state index contributed by atoms with van der Waals surface area (Å²) in [6, 6.07) is 0.941. The van der Waals surface area contributed by atoms with Crippen LogP contribution in [0.25, 0.3) is 0 Å². The molecule has 2 saturated carbocycles. The molecule has 0 aromatic carbocycles. The van der Waals surface area contributed by atoms with E-state index in [1.54, 1.807) is 12.8 Å². The molecule has 2 aliphatic carbocycles. The third-order valence-electron chi connectivity index (χ3n) is 5.30. The highest BCUT2D eigenvalue weighted by atomic mass is 15.2. The minimum Gasteiger partial charge on any atom is -0.319 e. The van der Waals surface area contributed by atoms with Crippen molar-refractivity contribution in [3.05, 3.63) is 0 Å². The first-order valence-electron chi connectivity index (χ1n) is 7.75. The van der Waals surface area contributed by atoms with Gasteiger partial charge in [0.2, 0.25) is 0 Å². The van der Waals surface area contributed by atoms with Crippen LogP contribution in [0.1, 0.15) is 44.9 Å². The van der Waals surface area contributed by atoms with E-state index >= 15 is 0 Å². The van der Waals surface area contributed by atoms with Gasteiger partial charge in [-0.2, -0.15) is 0 Å². The predicted octanol–water partition coefficient (Wildman–Crippen LogP) is 2.50. The Balaban J connectivity index is 1.50. The monoisotopic (exact) mass is 236 g/mol. The van der Waals surface area contributed by atoms with Gasteiger partial charge in [-0.25, -0.2) is 0 Å². The van der Waals surface area contributed by atoms with Crippen molar-refractivity contribution in [2.24, 2.45) is 17.8 Å². The number of likely N-dealkylation sites (tertiary alicyclic amines) is 1. The van der Waals surface area contributed by atoms with Crippen molar-refractivity contribution in [2.75, 3.05) is 26.7 Å². The molecule has 3 rings (SSSR count). The van der Waals surface area contributed by atoms with Crippen LogP contribution in [0.2, 0.25) is 0 Å². The maximum atomic E-state index is 3.34. The lowest BCUT2D eigenvalue weighted by molar-refractivity contribution is 0.143. The Hall–Kier alpha value is -0.0800. The minimum atomic E-state index is 0.918. The molecule has 0 aromatic heterocycles. The lowest BCUT2D eigenvalue weighted by Crippen LogP contribution is -2.38. The average molecular weight is 236 g/mol. The smallest absolute Gasteiger partial charge is 0.00981 e. The van der Waals surface area contributed by atoms with Crippen LogP contribution in [0, 0.1) is 17.8 Å². The van der Waals surface area contributed by atoms with Crippen LogP contribution in [-0.2, 0) is 0 Å². The molecule has 98 valence electrons. The highest BCUT2D eigenvalue weighted by molar-refractivity contribution is 4.91. The molecule has 1 aliphatic heterocycles. The molecular weight excluding hydrogens is 208 g/mol. The van der Waals surface area contributed by atoms with Crippen LogP contribution < -0.4 is 5.32 Å². The van der Waals surface area contributed by atoms with Gasteiger partial charge in [0.25, 0.3) is 0 Å². The van der Waals surface area contributed by atoms with E-state index in [0.717, 1.165) is 23.8 Å². The van der Waals surface area contributed by atoms with Crippen molar-refractivity contribution in [1.29, 1.82) is 0 Å². The topological polar surface area (TPSA) is 15.3 Å². The van der Waals surface area contributed by atoms with Crippen molar-refractivity contribution in [3.63, 3.8) is 0 Å². The van der Waals surface area contributed by atoms with Gasteiger partial charge in [0.05, 0.1) is 0 Å². The summed E-state index contributed by atoms with van der Waals surface area (Å²) >= 11 is 0. The molecule has 3 unspecified atom stereocenters. The zero-order valence-corrected chi connectivity index (χ0v) is 11.3. The van der Waals surface area contributed by atoms with Crippen molar-refractivity contribution in [1.82, 2.24) is 10.2 Å². The second-order valence-corrected chi connectivity index (χ2v) is 6.63. The Morgan fingerprint density at radius 3 is 2.71 bits per heavy atom. The summed E-state index contributed by atoms with van der Waals surface area (Å²) in [6.07, 6.45) is 10.5. The molecular formula is C15H28N2. The van der Waals surface area contributed by atoms with Crippen molar-refractivity contribution < 1.29 is 0 Å². The summed E-state index contributed by atoms with van der Waals surface area (Å²) in [4.78, 5) is 2.82. The summed E-state index contributed by atoms with van der Waals surface area (Å²) in [7, 11) is 2.09. The summed E-state index contributed by atoms with van der Waals surface area (Å²) in [5.74, 6) is 3.15. The van der Waals surface area contributed by atoms with Crippen molar-refractivity contribution in [3.8, 4) is 0 Å². The SMILES string of the molecule is CNCC1CCN(C2CCCC(C3CC3)C2)C1. The van der Waals surface area contributed by atoms with Gasteiger partial charge in [-0.3, -0.25) is 0 Å². The van der Waals surface area contributed by atoms with Crippen molar-refractivity contribution in [2.45, 2.75) is 51.0 Å². The van der Waals surface area contributed by atoms with E-state index in [0.29, 0.717) is 0 Å². The minimum absolute atomic E-state index is 0.918. The Bertz CT molecular complexity index is 249. The first-order chi connectivity index (χ1) is 8.36. The Kier molecular flexibility index (Phi) is 3.72. The number of nitrogens with one attached hydrogen (secondary N) is 1. The number of rotatable bonds is 4. The quantitative estimate of drug-likeness (QED) is 0.807. The molecule has 2 nitrogen and oxygen atoms in total. The maximum absolute atomic E-state index is 3.34. The van der Waals surface area contributed by atoms with Crippen LogP contribution in [0.3, 0.4) is 0 Å². The second-order valence-electron chi connectivity index (χ2n) is 6.63. The standard InChI is InChI=1S/C15H28N2/c1-16-10-12-7-8-17(11-12)15-4-2-3-14(9-15)13-5-6-13/h12-16H,2-11H2,1H3. The lowest BCUT2D eigenvalue weighted by Gasteiger charge is -2.35. The molecule has 3 aliphatic rings. The summed E-state index contributed by atoms with van der Waals surface area (Å²) in [5.41, 5.74) is 0. The van der Waals surface area contributed by atoms with Gasteiger partial charge in [-0.05, 0) is 70.0 Å². The van der Waals surface area contributed by atoms with Crippen molar-refractivity contribution >= 4 is 0 Å².